The molecule has 0 bridgehead atoms. The molecule has 2 N–H and O–H groups in total. The van der Waals surface area contributed by atoms with E-state index in [1.165, 1.54) is 16.3 Å². The number of hydrogen-bond acceptors (Lipinski definition) is 6. The molecule has 2 atom stereocenters. The molecule has 3 aromatic rings. The first-order valence-corrected chi connectivity index (χ1v) is 9.76. The predicted molar refractivity (Wildman–Crippen MR) is 107 cm³/mol. The van der Waals surface area contributed by atoms with Gasteiger partial charge in [-0.2, -0.15) is 0 Å². The minimum atomic E-state index is -0.832. The number of nitrogens with zero attached hydrogens (tertiary/aromatic N) is 2. The van der Waals surface area contributed by atoms with Crippen molar-refractivity contribution in [3.8, 4) is 5.75 Å². The Morgan fingerprint density at radius 1 is 1.18 bits per heavy atom. The van der Waals surface area contributed by atoms with Gasteiger partial charge in [0.15, 0.2) is 5.56 Å². The summed E-state index contributed by atoms with van der Waals surface area (Å²) < 4.78 is 7.29. The first-order chi connectivity index (χ1) is 13.5. The van der Waals surface area contributed by atoms with Crippen LogP contribution in [0.4, 0.5) is 0 Å². The minimum Gasteiger partial charge on any atom is -0.486 e. The van der Waals surface area contributed by atoms with Crippen molar-refractivity contribution in [2.75, 3.05) is 0 Å². The number of nitrogens with one attached hydrogen (secondary N) is 1. The van der Waals surface area contributed by atoms with Crippen molar-refractivity contribution in [3.63, 3.8) is 0 Å². The quantitative estimate of drug-likeness (QED) is 0.679. The van der Waals surface area contributed by atoms with Crippen LogP contribution in [0, 0.1) is 0 Å². The number of aliphatic hydroxyl groups is 1. The van der Waals surface area contributed by atoms with Gasteiger partial charge in [-0.25, -0.2) is 4.98 Å². The van der Waals surface area contributed by atoms with E-state index < -0.39 is 5.56 Å². The molecule has 2 aromatic carbocycles. The summed E-state index contributed by atoms with van der Waals surface area (Å²) in [6.45, 7) is 0.170. The molecule has 0 spiro atoms. The minimum absolute atomic E-state index is 0.103. The van der Waals surface area contributed by atoms with Crippen LogP contribution < -0.4 is 15.6 Å². The monoisotopic (exact) mass is 397 g/mol. The van der Waals surface area contributed by atoms with Crippen LogP contribution in [0.2, 0.25) is 0 Å². The number of aromatic nitrogens is 2. The van der Waals surface area contributed by atoms with Crippen molar-refractivity contribution < 1.29 is 14.6 Å². The lowest BCUT2D eigenvalue weighted by molar-refractivity contribution is -0.121. The van der Waals surface area contributed by atoms with Crippen LogP contribution in [0.5, 0.6) is 5.75 Å². The molecule has 7 nitrogen and oxygen atoms in total. The lowest BCUT2D eigenvalue weighted by Crippen LogP contribution is -2.27. The Hall–Kier alpha value is -2.84. The van der Waals surface area contributed by atoms with E-state index in [1.54, 1.807) is 13.1 Å². The van der Waals surface area contributed by atoms with E-state index in [4.69, 9.17) is 4.74 Å². The molecule has 144 valence electrons. The Morgan fingerprint density at radius 2 is 1.93 bits per heavy atom. The Kier molecular flexibility index (Phi) is 5.06. The number of thioether (sulfide) groups is 1. The van der Waals surface area contributed by atoms with Gasteiger partial charge >= 0.3 is 0 Å². The number of fused-ring (bicyclic) bond motifs is 1. The molecule has 1 fully saturated rings. The molecule has 2 heterocycles. The second-order valence-corrected chi connectivity index (χ2v) is 7.82. The van der Waals surface area contributed by atoms with Crippen molar-refractivity contribution in [3.05, 3.63) is 70.3 Å². The van der Waals surface area contributed by atoms with Gasteiger partial charge in [0.25, 0.3) is 5.56 Å². The van der Waals surface area contributed by atoms with Gasteiger partial charge in [-0.1, -0.05) is 36.0 Å². The van der Waals surface area contributed by atoms with Gasteiger partial charge in [-0.15, -0.1) is 0 Å². The molecule has 1 aromatic heterocycles. The van der Waals surface area contributed by atoms with E-state index in [9.17, 15) is 14.7 Å². The molecule has 8 heteroatoms. The molecule has 1 aliphatic rings. The highest BCUT2D eigenvalue weighted by atomic mass is 32.2. The van der Waals surface area contributed by atoms with Gasteiger partial charge in [0.05, 0.1) is 16.2 Å². The average molecular weight is 397 g/mol. The summed E-state index contributed by atoms with van der Waals surface area (Å²) in [6.07, 6.45) is 0.536. The topological polar surface area (TPSA) is 93.4 Å². The highest BCUT2D eigenvalue weighted by Crippen LogP contribution is 2.25. The summed E-state index contributed by atoms with van der Waals surface area (Å²) >= 11 is 1.21. The van der Waals surface area contributed by atoms with Crippen molar-refractivity contribution in [1.82, 2.24) is 14.9 Å². The number of ether oxygens (including phenoxy) is 1. The number of carbonyl (C=O) groups excluding carboxylic acids is 1. The van der Waals surface area contributed by atoms with Crippen LogP contribution in [0.25, 0.3) is 10.9 Å². The second-order valence-electron chi connectivity index (χ2n) is 6.53. The zero-order valence-corrected chi connectivity index (χ0v) is 16.0. The highest BCUT2D eigenvalue weighted by molar-refractivity contribution is 8.01. The smallest absolute Gasteiger partial charge is 0.261 e. The molecule has 0 aliphatic carbocycles. The summed E-state index contributed by atoms with van der Waals surface area (Å²) in [6, 6.07) is 14.7. The third-order valence-corrected chi connectivity index (χ3v) is 5.72. The van der Waals surface area contributed by atoms with Crippen LogP contribution in [-0.4, -0.2) is 31.4 Å². The highest BCUT2D eigenvalue weighted by Gasteiger charge is 2.31. The van der Waals surface area contributed by atoms with Gasteiger partial charge in [0, 0.05) is 7.05 Å². The zero-order chi connectivity index (χ0) is 19.7. The molecular formula is C20H19N3O4S. The van der Waals surface area contributed by atoms with E-state index in [0.29, 0.717) is 28.9 Å². The Balaban J connectivity index is 1.44. The first-order valence-electron chi connectivity index (χ1n) is 8.81. The van der Waals surface area contributed by atoms with E-state index in [1.807, 2.05) is 42.5 Å². The third kappa shape index (κ3) is 3.74. The average Bonchev–Trinajstić information content (AvgIpc) is 3.01. The first kappa shape index (κ1) is 18.5. The number of amides is 1. The number of benzene rings is 2. The molecule has 2 unspecified atom stereocenters. The molecule has 28 heavy (non-hydrogen) atoms. The maximum Gasteiger partial charge on any atom is 0.261 e. The fourth-order valence-electron chi connectivity index (χ4n) is 3.08. The van der Waals surface area contributed by atoms with Crippen molar-refractivity contribution in [2.24, 2.45) is 7.05 Å². The maximum atomic E-state index is 12.4. The SMILES string of the molecule is Cn1c(COc2ccc(CC3SC(O)NC3=O)cc2)nc2ccccc2c1=O. The van der Waals surface area contributed by atoms with E-state index in [2.05, 4.69) is 10.3 Å². The van der Waals surface area contributed by atoms with Gasteiger partial charge in [0.1, 0.15) is 18.2 Å². The standard InChI is InChI=1S/C20H19N3O4S/c1-23-17(21-15-5-3-2-4-14(15)19(23)25)11-27-13-8-6-12(7-9-13)10-16-18(24)22-20(26)28-16/h2-9,16,20,26H,10-11H2,1H3,(H,22,24). The van der Waals surface area contributed by atoms with E-state index in [0.717, 1.165) is 5.56 Å². The Bertz CT molecular complexity index is 1080. The third-order valence-electron chi connectivity index (χ3n) is 4.64. The molecule has 1 amide bonds. The van der Waals surface area contributed by atoms with Crippen molar-refractivity contribution in [1.29, 1.82) is 0 Å². The van der Waals surface area contributed by atoms with Crippen LogP contribution in [-0.2, 0) is 24.9 Å². The summed E-state index contributed by atoms with van der Waals surface area (Å²) in [5.74, 6) is 1.04. The Labute approximate surface area is 165 Å². The van der Waals surface area contributed by atoms with E-state index >= 15 is 0 Å². The Morgan fingerprint density at radius 3 is 2.64 bits per heavy atom. The number of aliphatic hydroxyl groups excluding tert-OH is 1. The summed E-state index contributed by atoms with van der Waals surface area (Å²) in [5.41, 5.74) is 0.690. The van der Waals surface area contributed by atoms with Crippen LogP contribution in [0.15, 0.2) is 53.3 Å². The van der Waals surface area contributed by atoms with Gasteiger partial charge in [0.2, 0.25) is 5.91 Å². The molecular weight excluding hydrogens is 378 g/mol. The van der Waals surface area contributed by atoms with Crippen LogP contribution >= 0.6 is 11.8 Å². The van der Waals surface area contributed by atoms with Crippen LogP contribution in [0.3, 0.4) is 0 Å². The second kappa shape index (κ2) is 7.65. The molecule has 0 saturated carbocycles. The lowest BCUT2D eigenvalue weighted by Gasteiger charge is -2.11. The predicted octanol–water partition coefficient (Wildman–Crippen LogP) is 1.56. The number of rotatable bonds is 5. The molecule has 0 radical (unpaired) electrons. The van der Waals surface area contributed by atoms with Crippen molar-refractivity contribution >= 4 is 28.6 Å². The van der Waals surface area contributed by atoms with Crippen molar-refractivity contribution in [2.45, 2.75) is 23.8 Å². The molecule has 4 rings (SSSR count). The normalized spacial score (nSPS) is 19.0. The summed E-state index contributed by atoms with van der Waals surface area (Å²) in [5, 5.41) is 12.2. The maximum absolute atomic E-state index is 12.4. The van der Waals surface area contributed by atoms with E-state index in [-0.39, 0.29) is 23.3 Å². The number of hydrogen-bond donors (Lipinski definition) is 2. The fourth-order valence-corrected chi connectivity index (χ4v) is 4.06. The lowest BCUT2D eigenvalue weighted by atomic mass is 10.1. The summed E-state index contributed by atoms with van der Waals surface area (Å²) in [7, 11) is 1.68. The van der Waals surface area contributed by atoms with Gasteiger partial charge in [-0.3, -0.25) is 14.2 Å². The number of carbonyl (C=O) groups is 1. The summed E-state index contributed by atoms with van der Waals surface area (Å²) in [4.78, 5) is 28.7. The number of para-hydroxylation sites is 1. The van der Waals surface area contributed by atoms with Gasteiger partial charge < -0.3 is 15.2 Å². The van der Waals surface area contributed by atoms with Crippen LogP contribution in [0.1, 0.15) is 11.4 Å². The fraction of sp³-hybridized carbons (Fsp3) is 0.250. The molecule has 1 aliphatic heterocycles. The largest absolute Gasteiger partial charge is 0.486 e. The van der Waals surface area contributed by atoms with Gasteiger partial charge in [-0.05, 0) is 36.2 Å². The molecule has 1 saturated heterocycles. The zero-order valence-electron chi connectivity index (χ0n) is 15.2.